The molecule has 0 radical (unpaired) electrons. The highest BCUT2D eigenvalue weighted by Crippen LogP contribution is 2.35. The zero-order valence-electron chi connectivity index (χ0n) is 13.1. The fraction of sp³-hybridized carbons (Fsp3) is 0.647. The average molecular weight is 352 g/mol. The van der Waals surface area contributed by atoms with Gasteiger partial charge in [-0.2, -0.15) is 0 Å². The molecule has 4 heteroatoms. The second kappa shape index (κ2) is 6.67. The third-order valence-corrected chi connectivity index (χ3v) is 5.71. The van der Waals surface area contributed by atoms with Gasteiger partial charge in [-0.3, -0.25) is 0 Å². The summed E-state index contributed by atoms with van der Waals surface area (Å²) in [5.41, 5.74) is 2.70. The van der Waals surface area contributed by atoms with Gasteiger partial charge in [0.2, 0.25) is 0 Å². The molecule has 2 saturated heterocycles. The molecule has 1 N–H and O–H groups in total. The van der Waals surface area contributed by atoms with E-state index in [4.69, 9.17) is 0 Å². The van der Waals surface area contributed by atoms with Crippen molar-refractivity contribution in [1.82, 2.24) is 10.2 Å². The van der Waals surface area contributed by atoms with Gasteiger partial charge in [0.25, 0.3) is 0 Å². The van der Waals surface area contributed by atoms with Crippen LogP contribution in [0.15, 0.2) is 22.7 Å². The maximum absolute atomic E-state index is 3.77. The van der Waals surface area contributed by atoms with Crippen molar-refractivity contribution in [2.45, 2.75) is 31.8 Å². The summed E-state index contributed by atoms with van der Waals surface area (Å²) in [5, 5.41) is 3.21. The lowest BCUT2D eigenvalue weighted by Gasteiger charge is -2.46. The fourth-order valence-electron chi connectivity index (χ4n) is 3.99. The highest BCUT2D eigenvalue weighted by Gasteiger charge is 2.34. The van der Waals surface area contributed by atoms with Crippen molar-refractivity contribution in [3.05, 3.63) is 28.2 Å². The molecule has 2 atom stereocenters. The minimum absolute atomic E-state index is 0.803. The van der Waals surface area contributed by atoms with E-state index >= 15 is 0 Å². The Kier molecular flexibility index (Phi) is 4.87. The quantitative estimate of drug-likeness (QED) is 0.902. The van der Waals surface area contributed by atoms with Crippen molar-refractivity contribution < 1.29 is 0 Å². The molecule has 1 aromatic carbocycles. The van der Waals surface area contributed by atoms with E-state index in [9.17, 15) is 0 Å². The number of rotatable bonds is 3. The number of nitrogens with one attached hydrogen (secondary N) is 1. The largest absolute Gasteiger partial charge is 0.370 e. The second-order valence-electron chi connectivity index (χ2n) is 6.50. The van der Waals surface area contributed by atoms with Crippen LogP contribution in [0.5, 0.6) is 0 Å². The minimum atomic E-state index is 0.803. The van der Waals surface area contributed by atoms with Crippen LogP contribution in [-0.2, 0) is 6.54 Å². The number of likely N-dealkylation sites (tertiary alicyclic amines) is 1. The molecule has 116 valence electrons. The summed E-state index contributed by atoms with van der Waals surface area (Å²) in [6.07, 6.45) is 4.04. The predicted molar refractivity (Wildman–Crippen MR) is 92.9 cm³/mol. The molecule has 2 aliphatic rings. The number of hydrogen-bond acceptors (Lipinski definition) is 3. The zero-order chi connectivity index (χ0) is 14.8. The van der Waals surface area contributed by atoms with E-state index in [1.807, 2.05) is 7.05 Å². The molecule has 2 fully saturated rings. The van der Waals surface area contributed by atoms with E-state index < -0.39 is 0 Å². The first-order chi connectivity index (χ1) is 10.2. The Balaban J connectivity index is 1.73. The molecular weight excluding hydrogens is 326 g/mol. The number of nitrogens with zero attached hydrogens (tertiary/aromatic N) is 2. The molecule has 0 aliphatic carbocycles. The van der Waals surface area contributed by atoms with Crippen LogP contribution in [0.2, 0.25) is 0 Å². The Hall–Kier alpha value is -0.580. The molecule has 21 heavy (non-hydrogen) atoms. The number of fused-ring (bicyclic) bond motifs is 1. The van der Waals surface area contributed by atoms with E-state index in [0.717, 1.165) is 18.5 Å². The molecule has 0 aromatic heterocycles. The number of anilines is 1. The smallest absolute Gasteiger partial charge is 0.0510 e. The van der Waals surface area contributed by atoms with E-state index in [1.165, 1.54) is 54.6 Å². The summed E-state index contributed by atoms with van der Waals surface area (Å²) in [7, 11) is 4.29. The standard InChI is InChI=1S/C17H26BrN3/c1-19-11-13-5-6-17(15(18)10-13)21-9-7-16-14(12-21)4-3-8-20(16)2/h5-6,10,14,16,19H,3-4,7-9,11-12H2,1-2H3. The van der Waals surface area contributed by atoms with Crippen LogP contribution < -0.4 is 10.2 Å². The summed E-state index contributed by atoms with van der Waals surface area (Å²) >= 11 is 3.77. The van der Waals surface area contributed by atoms with Crippen LogP contribution in [-0.4, -0.2) is 44.7 Å². The Morgan fingerprint density at radius 2 is 2.14 bits per heavy atom. The predicted octanol–water partition coefficient (Wildman–Crippen LogP) is 3.09. The molecular formula is C17H26BrN3. The Bertz CT molecular complexity index is 491. The SMILES string of the molecule is CNCc1ccc(N2CCC3C(CCCN3C)C2)c(Br)c1. The lowest BCUT2D eigenvalue weighted by atomic mass is 9.84. The lowest BCUT2D eigenvalue weighted by Crippen LogP contribution is -2.52. The molecule has 0 spiro atoms. The highest BCUT2D eigenvalue weighted by atomic mass is 79.9. The summed E-state index contributed by atoms with van der Waals surface area (Å²) in [5.74, 6) is 0.835. The van der Waals surface area contributed by atoms with Crippen molar-refractivity contribution in [2.75, 3.05) is 38.6 Å². The van der Waals surface area contributed by atoms with E-state index in [2.05, 4.69) is 56.3 Å². The van der Waals surface area contributed by atoms with Crippen molar-refractivity contribution in [2.24, 2.45) is 5.92 Å². The van der Waals surface area contributed by atoms with Gasteiger partial charge in [0.05, 0.1) is 5.69 Å². The normalized spacial score (nSPS) is 26.7. The number of hydrogen-bond donors (Lipinski definition) is 1. The van der Waals surface area contributed by atoms with Crippen LogP contribution in [0, 0.1) is 5.92 Å². The molecule has 0 amide bonds. The lowest BCUT2D eigenvalue weighted by molar-refractivity contribution is 0.102. The van der Waals surface area contributed by atoms with Crippen LogP contribution in [0.4, 0.5) is 5.69 Å². The molecule has 3 rings (SSSR count). The number of piperidine rings is 2. The first-order valence-electron chi connectivity index (χ1n) is 8.07. The van der Waals surface area contributed by atoms with Gasteiger partial charge in [0, 0.05) is 30.1 Å². The third kappa shape index (κ3) is 3.27. The van der Waals surface area contributed by atoms with Gasteiger partial charge in [0.15, 0.2) is 0 Å². The molecule has 2 aliphatic heterocycles. The third-order valence-electron chi connectivity index (χ3n) is 5.08. The van der Waals surface area contributed by atoms with Gasteiger partial charge in [-0.1, -0.05) is 6.07 Å². The number of benzene rings is 1. The molecule has 3 nitrogen and oxygen atoms in total. The summed E-state index contributed by atoms with van der Waals surface area (Å²) < 4.78 is 1.23. The second-order valence-corrected chi connectivity index (χ2v) is 7.36. The fourth-order valence-corrected chi connectivity index (χ4v) is 4.67. The first-order valence-corrected chi connectivity index (χ1v) is 8.86. The Morgan fingerprint density at radius 1 is 1.29 bits per heavy atom. The highest BCUT2D eigenvalue weighted by molar-refractivity contribution is 9.10. The van der Waals surface area contributed by atoms with Crippen molar-refractivity contribution in [1.29, 1.82) is 0 Å². The summed E-state index contributed by atoms with van der Waals surface area (Å²) in [4.78, 5) is 5.16. The molecule has 2 unspecified atom stereocenters. The summed E-state index contributed by atoms with van der Waals surface area (Å²) in [6.45, 7) is 4.59. The Labute approximate surface area is 136 Å². The maximum atomic E-state index is 3.77. The van der Waals surface area contributed by atoms with Crippen LogP contribution in [0.3, 0.4) is 0 Å². The van der Waals surface area contributed by atoms with Crippen LogP contribution in [0.1, 0.15) is 24.8 Å². The molecule has 0 saturated carbocycles. The van der Waals surface area contributed by atoms with Gasteiger partial charge < -0.3 is 15.1 Å². The number of halogens is 1. The van der Waals surface area contributed by atoms with Crippen molar-refractivity contribution in [3.63, 3.8) is 0 Å². The molecule has 1 aromatic rings. The van der Waals surface area contributed by atoms with Crippen molar-refractivity contribution in [3.8, 4) is 0 Å². The minimum Gasteiger partial charge on any atom is -0.370 e. The maximum Gasteiger partial charge on any atom is 0.0510 e. The average Bonchev–Trinajstić information content (AvgIpc) is 2.48. The van der Waals surface area contributed by atoms with Gasteiger partial charge in [0.1, 0.15) is 0 Å². The Morgan fingerprint density at radius 3 is 2.90 bits per heavy atom. The first kappa shape index (κ1) is 15.3. The van der Waals surface area contributed by atoms with Crippen LogP contribution in [0.25, 0.3) is 0 Å². The van der Waals surface area contributed by atoms with Crippen LogP contribution >= 0.6 is 15.9 Å². The van der Waals surface area contributed by atoms with Gasteiger partial charge in [-0.05, 0) is 79.4 Å². The van der Waals surface area contributed by atoms with E-state index in [0.29, 0.717) is 0 Å². The van der Waals surface area contributed by atoms with E-state index in [-0.39, 0.29) is 0 Å². The van der Waals surface area contributed by atoms with E-state index in [1.54, 1.807) is 0 Å². The van der Waals surface area contributed by atoms with Crippen molar-refractivity contribution >= 4 is 21.6 Å². The van der Waals surface area contributed by atoms with Gasteiger partial charge in [-0.15, -0.1) is 0 Å². The summed E-state index contributed by atoms with van der Waals surface area (Å²) in [6, 6.07) is 7.59. The molecule has 2 heterocycles. The topological polar surface area (TPSA) is 18.5 Å². The van der Waals surface area contributed by atoms with Gasteiger partial charge >= 0.3 is 0 Å². The zero-order valence-corrected chi connectivity index (χ0v) is 14.7. The molecule has 0 bridgehead atoms. The van der Waals surface area contributed by atoms with Gasteiger partial charge in [-0.25, -0.2) is 0 Å². The monoisotopic (exact) mass is 351 g/mol.